The first kappa shape index (κ1) is 15.3. The molecule has 0 radical (unpaired) electrons. The van der Waals surface area contributed by atoms with Crippen molar-refractivity contribution < 1.29 is 0 Å². The first-order chi connectivity index (χ1) is 9.88. The molecule has 20 heavy (non-hydrogen) atoms. The van der Waals surface area contributed by atoms with Gasteiger partial charge in [-0.2, -0.15) is 0 Å². The van der Waals surface area contributed by atoms with E-state index in [0.29, 0.717) is 0 Å². The Kier molecular flexibility index (Phi) is 6.82. The van der Waals surface area contributed by atoms with Crippen molar-refractivity contribution in [3.8, 4) is 0 Å². The Labute approximate surface area is 123 Å². The highest BCUT2D eigenvalue weighted by Crippen LogP contribution is 2.15. The van der Waals surface area contributed by atoms with Crippen molar-refractivity contribution in [3.63, 3.8) is 0 Å². The van der Waals surface area contributed by atoms with Gasteiger partial charge in [0.2, 0.25) is 0 Å². The fourth-order valence-electron chi connectivity index (χ4n) is 2.87. The predicted molar refractivity (Wildman–Crippen MR) is 87.8 cm³/mol. The molecule has 2 rings (SSSR count). The number of piperidine rings is 1. The van der Waals surface area contributed by atoms with Crippen LogP contribution in [-0.4, -0.2) is 37.6 Å². The van der Waals surface area contributed by atoms with Gasteiger partial charge in [-0.25, -0.2) is 0 Å². The van der Waals surface area contributed by atoms with Crippen LogP contribution in [0.1, 0.15) is 31.7 Å². The molecule has 1 N–H and O–H groups in total. The summed E-state index contributed by atoms with van der Waals surface area (Å²) < 4.78 is 0. The Hall–Kier alpha value is -1.12. The monoisotopic (exact) mass is 272 g/mol. The minimum absolute atomic E-state index is 0.834. The minimum atomic E-state index is 0.834. The fraction of sp³-hybridized carbons (Fsp3) is 0.556. The molecular formula is C18H28N2. The van der Waals surface area contributed by atoms with Crippen LogP contribution in [0.5, 0.6) is 0 Å². The molecule has 0 aromatic heterocycles. The highest BCUT2D eigenvalue weighted by molar-refractivity contribution is 5.48. The van der Waals surface area contributed by atoms with Gasteiger partial charge < -0.3 is 5.32 Å². The molecule has 2 heteroatoms. The summed E-state index contributed by atoms with van der Waals surface area (Å²) in [6.07, 6.45) is 8.50. The highest BCUT2D eigenvalue weighted by atomic mass is 15.1. The Morgan fingerprint density at radius 2 is 2.15 bits per heavy atom. The molecule has 1 fully saturated rings. The first-order valence-corrected chi connectivity index (χ1v) is 8.03. The zero-order chi connectivity index (χ0) is 14.0. The lowest BCUT2D eigenvalue weighted by molar-refractivity contribution is 0.188. The van der Waals surface area contributed by atoms with Crippen molar-refractivity contribution in [2.75, 3.05) is 32.7 Å². The number of hydrogen-bond acceptors (Lipinski definition) is 2. The van der Waals surface area contributed by atoms with Crippen LogP contribution in [0, 0.1) is 5.92 Å². The Bertz CT molecular complexity index is 386. The Morgan fingerprint density at radius 3 is 2.95 bits per heavy atom. The molecule has 1 aliphatic rings. The maximum Gasteiger partial charge on any atom is 0.0166 e. The zero-order valence-electron chi connectivity index (χ0n) is 12.7. The molecule has 110 valence electrons. The average Bonchev–Trinajstić information content (AvgIpc) is 2.49. The number of benzene rings is 1. The second kappa shape index (κ2) is 8.93. The van der Waals surface area contributed by atoms with Crippen molar-refractivity contribution in [2.24, 2.45) is 5.92 Å². The predicted octanol–water partition coefficient (Wildman–Crippen LogP) is 3.41. The summed E-state index contributed by atoms with van der Waals surface area (Å²) in [5.41, 5.74) is 1.30. The summed E-state index contributed by atoms with van der Waals surface area (Å²) in [7, 11) is 0. The van der Waals surface area contributed by atoms with Gasteiger partial charge in [0.05, 0.1) is 0 Å². The Balaban J connectivity index is 1.71. The van der Waals surface area contributed by atoms with Crippen LogP contribution in [0.3, 0.4) is 0 Å². The lowest BCUT2D eigenvalue weighted by Crippen LogP contribution is -2.39. The topological polar surface area (TPSA) is 15.3 Å². The van der Waals surface area contributed by atoms with Gasteiger partial charge in [0.15, 0.2) is 0 Å². The molecule has 1 saturated heterocycles. The maximum atomic E-state index is 3.56. The SMILES string of the molecule is CCCNCC1CCCN(CC=Cc2ccccc2)C1. The lowest BCUT2D eigenvalue weighted by atomic mass is 9.98. The van der Waals surface area contributed by atoms with Crippen molar-refractivity contribution in [1.82, 2.24) is 10.2 Å². The molecule has 0 saturated carbocycles. The normalized spacial score (nSPS) is 20.6. The summed E-state index contributed by atoms with van der Waals surface area (Å²) in [6, 6.07) is 10.6. The van der Waals surface area contributed by atoms with E-state index in [0.717, 1.165) is 19.0 Å². The van der Waals surface area contributed by atoms with Gasteiger partial charge in [-0.05, 0) is 50.4 Å². The minimum Gasteiger partial charge on any atom is -0.316 e. The van der Waals surface area contributed by atoms with Gasteiger partial charge in [0.25, 0.3) is 0 Å². The van der Waals surface area contributed by atoms with Crippen LogP contribution in [0.2, 0.25) is 0 Å². The zero-order valence-corrected chi connectivity index (χ0v) is 12.7. The maximum absolute atomic E-state index is 3.56. The molecular weight excluding hydrogens is 244 g/mol. The van der Waals surface area contributed by atoms with Crippen LogP contribution in [0.15, 0.2) is 36.4 Å². The largest absolute Gasteiger partial charge is 0.316 e. The Morgan fingerprint density at radius 1 is 1.30 bits per heavy atom. The van der Waals surface area contributed by atoms with Gasteiger partial charge >= 0.3 is 0 Å². The third kappa shape index (κ3) is 5.48. The van der Waals surface area contributed by atoms with Crippen LogP contribution in [-0.2, 0) is 0 Å². The average molecular weight is 272 g/mol. The van der Waals surface area contributed by atoms with E-state index in [4.69, 9.17) is 0 Å². The van der Waals surface area contributed by atoms with E-state index in [-0.39, 0.29) is 0 Å². The molecule has 1 aromatic rings. The standard InChI is InChI=1S/C18H28N2/c1-2-12-19-15-18-11-7-14-20(16-18)13-6-10-17-8-4-3-5-9-17/h3-6,8-10,18-19H,2,7,11-16H2,1H3. The summed E-state index contributed by atoms with van der Waals surface area (Å²) >= 11 is 0. The second-order valence-electron chi connectivity index (χ2n) is 5.79. The van der Waals surface area contributed by atoms with Gasteiger partial charge in [0, 0.05) is 13.1 Å². The van der Waals surface area contributed by atoms with Crippen molar-refractivity contribution in [3.05, 3.63) is 42.0 Å². The molecule has 0 spiro atoms. The first-order valence-electron chi connectivity index (χ1n) is 8.03. The van der Waals surface area contributed by atoms with E-state index in [9.17, 15) is 0 Å². The summed E-state index contributed by atoms with van der Waals surface area (Å²) in [6.45, 7) is 8.16. The van der Waals surface area contributed by atoms with Crippen LogP contribution in [0.4, 0.5) is 0 Å². The summed E-state index contributed by atoms with van der Waals surface area (Å²) in [4.78, 5) is 2.58. The highest BCUT2D eigenvalue weighted by Gasteiger charge is 2.18. The summed E-state index contributed by atoms with van der Waals surface area (Å²) in [5, 5.41) is 3.56. The fourth-order valence-corrected chi connectivity index (χ4v) is 2.87. The van der Waals surface area contributed by atoms with E-state index in [1.165, 1.54) is 44.5 Å². The number of likely N-dealkylation sites (tertiary alicyclic amines) is 1. The van der Waals surface area contributed by atoms with Crippen molar-refractivity contribution >= 4 is 6.08 Å². The number of nitrogens with one attached hydrogen (secondary N) is 1. The third-order valence-electron chi connectivity index (χ3n) is 3.94. The van der Waals surface area contributed by atoms with E-state index in [1.807, 2.05) is 0 Å². The lowest BCUT2D eigenvalue weighted by Gasteiger charge is -2.32. The molecule has 1 aliphatic heterocycles. The molecule has 0 bridgehead atoms. The molecule has 0 amide bonds. The van der Waals surface area contributed by atoms with Crippen molar-refractivity contribution in [1.29, 1.82) is 0 Å². The molecule has 1 unspecified atom stereocenters. The van der Waals surface area contributed by atoms with Crippen LogP contribution in [0.25, 0.3) is 6.08 Å². The second-order valence-corrected chi connectivity index (χ2v) is 5.79. The van der Waals surface area contributed by atoms with Crippen LogP contribution >= 0.6 is 0 Å². The van der Waals surface area contributed by atoms with Gasteiger partial charge in [-0.1, -0.05) is 49.4 Å². The van der Waals surface area contributed by atoms with Crippen LogP contribution < -0.4 is 5.32 Å². The van der Waals surface area contributed by atoms with E-state index < -0.39 is 0 Å². The number of nitrogens with zero attached hydrogens (tertiary/aromatic N) is 1. The number of hydrogen-bond donors (Lipinski definition) is 1. The van der Waals surface area contributed by atoms with Gasteiger partial charge in [-0.3, -0.25) is 4.90 Å². The van der Waals surface area contributed by atoms with E-state index in [2.05, 4.69) is 59.6 Å². The van der Waals surface area contributed by atoms with E-state index >= 15 is 0 Å². The molecule has 1 atom stereocenters. The van der Waals surface area contributed by atoms with Gasteiger partial charge in [0.1, 0.15) is 0 Å². The van der Waals surface area contributed by atoms with Crippen molar-refractivity contribution in [2.45, 2.75) is 26.2 Å². The van der Waals surface area contributed by atoms with Gasteiger partial charge in [-0.15, -0.1) is 0 Å². The molecule has 1 heterocycles. The number of rotatable bonds is 7. The smallest absolute Gasteiger partial charge is 0.0166 e. The quantitative estimate of drug-likeness (QED) is 0.765. The third-order valence-corrected chi connectivity index (χ3v) is 3.94. The van der Waals surface area contributed by atoms with E-state index in [1.54, 1.807) is 0 Å². The molecule has 1 aromatic carbocycles. The molecule has 2 nitrogen and oxygen atoms in total. The molecule has 0 aliphatic carbocycles. The summed E-state index contributed by atoms with van der Waals surface area (Å²) in [5.74, 6) is 0.834.